The number of phenols is 1. The molecule has 0 aromatic heterocycles. The van der Waals surface area contributed by atoms with Crippen molar-refractivity contribution in [2.75, 3.05) is 45.2 Å². The Morgan fingerprint density at radius 3 is 2.31 bits per heavy atom. The number of aliphatic hydroxyl groups excluding tert-OH is 2. The van der Waals surface area contributed by atoms with E-state index in [0.29, 0.717) is 25.2 Å². The number of hydrogen-bond acceptors (Lipinski definition) is 10. The number of nitrogens with one attached hydrogen (secondary N) is 1. The minimum atomic E-state index is -2.69. The Balaban J connectivity index is 2.09. The molecule has 39 heavy (non-hydrogen) atoms. The number of aromatic hydroxyl groups is 1. The van der Waals surface area contributed by atoms with Gasteiger partial charge in [0, 0.05) is 43.2 Å². The fourth-order valence-corrected chi connectivity index (χ4v) is 6.80. The van der Waals surface area contributed by atoms with Crippen LogP contribution in [-0.4, -0.2) is 94.7 Å². The minimum Gasteiger partial charge on any atom is -0.508 e. The third-order valence-corrected chi connectivity index (χ3v) is 8.61. The minimum absolute atomic E-state index is 0.0204. The summed E-state index contributed by atoms with van der Waals surface area (Å²) in [5.41, 5.74) is 2.10. The van der Waals surface area contributed by atoms with Gasteiger partial charge in [-0.2, -0.15) is 0 Å². The second-order valence-electron chi connectivity index (χ2n) is 10.9. The zero-order valence-corrected chi connectivity index (χ0v) is 23.0. The Kier molecular flexibility index (Phi) is 7.30. The van der Waals surface area contributed by atoms with Crippen molar-refractivity contribution in [1.82, 2.24) is 10.2 Å². The van der Waals surface area contributed by atoms with Crippen molar-refractivity contribution in [2.24, 2.45) is 17.1 Å². The van der Waals surface area contributed by atoms with Crippen LogP contribution in [0.4, 0.5) is 5.69 Å². The first-order valence-electron chi connectivity index (χ1n) is 13.3. The Bertz CT molecular complexity index is 1300. The molecule has 3 aliphatic rings. The van der Waals surface area contributed by atoms with Gasteiger partial charge in [-0.25, -0.2) is 0 Å². The number of benzene rings is 1. The van der Waals surface area contributed by atoms with E-state index in [1.807, 2.05) is 32.8 Å². The van der Waals surface area contributed by atoms with E-state index in [1.165, 1.54) is 6.07 Å². The lowest BCUT2D eigenvalue weighted by atomic mass is 9.51. The van der Waals surface area contributed by atoms with E-state index in [4.69, 9.17) is 5.73 Å². The molecule has 212 valence electrons. The summed E-state index contributed by atoms with van der Waals surface area (Å²) in [5.74, 6) is -6.06. The summed E-state index contributed by atoms with van der Waals surface area (Å²) in [4.78, 5) is 44.0. The average Bonchev–Trinajstić information content (AvgIpc) is 2.87. The van der Waals surface area contributed by atoms with Crippen LogP contribution < -0.4 is 16.0 Å². The van der Waals surface area contributed by atoms with E-state index in [0.717, 1.165) is 5.69 Å². The summed E-state index contributed by atoms with van der Waals surface area (Å²) in [7, 11) is 3.67. The summed E-state index contributed by atoms with van der Waals surface area (Å²) >= 11 is 0. The van der Waals surface area contributed by atoms with Crippen molar-refractivity contribution in [1.29, 1.82) is 0 Å². The van der Waals surface area contributed by atoms with Gasteiger partial charge in [0.2, 0.25) is 5.78 Å². The molecule has 0 bridgehead atoms. The van der Waals surface area contributed by atoms with E-state index < -0.39 is 57.5 Å². The van der Waals surface area contributed by atoms with Gasteiger partial charge in [0.25, 0.3) is 5.91 Å². The predicted octanol–water partition coefficient (Wildman–Crippen LogP) is 0.790. The molecular weight excluding hydrogens is 504 g/mol. The number of anilines is 1. The molecule has 11 nitrogen and oxygen atoms in total. The molecule has 1 amide bonds. The summed E-state index contributed by atoms with van der Waals surface area (Å²) in [6.45, 7) is 7.53. The zero-order chi connectivity index (χ0) is 29.0. The Labute approximate surface area is 227 Å². The molecule has 11 heteroatoms. The van der Waals surface area contributed by atoms with Crippen molar-refractivity contribution >= 4 is 28.9 Å². The van der Waals surface area contributed by atoms with E-state index in [1.54, 1.807) is 13.0 Å². The summed E-state index contributed by atoms with van der Waals surface area (Å²) in [6.07, 6.45) is 0.241. The maximum atomic E-state index is 14.4. The molecular formula is C28H38N4O7. The molecule has 1 saturated carbocycles. The third kappa shape index (κ3) is 4.02. The molecule has 1 aromatic carbocycles. The first-order chi connectivity index (χ1) is 18.3. The highest BCUT2D eigenvalue weighted by Crippen LogP contribution is 2.58. The van der Waals surface area contributed by atoms with Crippen LogP contribution in [0.1, 0.15) is 38.3 Å². The van der Waals surface area contributed by atoms with Gasteiger partial charge in [0.05, 0.1) is 11.6 Å². The Hall–Kier alpha value is -3.41. The molecule has 4 atom stereocenters. The fraction of sp³-hybridized carbons (Fsp3) is 0.536. The lowest BCUT2D eigenvalue weighted by molar-refractivity contribution is -0.154. The van der Waals surface area contributed by atoms with Gasteiger partial charge in [-0.15, -0.1) is 0 Å². The van der Waals surface area contributed by atoms with Gasteiger partial charge >= 0.3 is 0 Å². The van der Waals surface area contributed by atoms with Crippen molar-refractivity contribution < 1.29 is 34.8 Å². The van der Waals surface area contributed by atoms with Crippen molar-refractivity contribution in [3.8, 4) is 5.75 Å². The molecule has 1 aromatic rings. The molecule has 0 saturated heterocycles. The van der Waals surface area contributed by atoms with Crippen LogP contribution in [0.2, 0.25) is 0 Å². The van der Waals surface area contributed by atoms with E-state index >= 15 is 0 Å². The highest BCUT2D eigenvalue weighted by Gasteiger charge is 2.67. The van der Waals surface area contributed by atoms with Crippen LogP contribution in [-0.2, 0) is 20.8 Å². The number of fused-ring (bicyclic) bond motifs is 3. The number of aliphatic hydroxyl groups is 3. The second kappa shape index (κ2) is 9.96. The Morgan fingerprint density at radius 1 is 1.13 bits per heavy atom. The zero-order valence-electron chi connectivity index (χ0n) is 23.0. The molecule has 7 N–H and O–H groups in total. The summed E-state index contributed by atoms with van der Waals surface area (Å²) in [6, 6.07) is 1.98. The number of likely N-dealkylation sites (N-methyl/N-ethyl adjacent to an activating group) is 1. The van der Waals surface area contributed by atoms with Crippen molar-refractivity contribution in [3.63, 3.8) is 0 Å². The van der Waals surface area contributed by atoms with Crippen LogP contribution >= 0.6 is 0 Å². The second-order valence-corrected chi connectivity index (χ2v) is 10.9. The monoisotopic (exact) mass is 542 g/mol. The Morgan fingerprint density at radius 2 is 1.77 bits per heavy atom. The van der Waals surface area contributed by atoms with Crippen LogP contribution in [0, 0.1) is 11.3 Å². The van der Waals surface area contributed by atoms with Gasteiger partial charge < -0.3 is 41.3 Å². The predicted molar refractivity (Wildman–Crippen MR) is 145 cm³/mol. The number of rotatable bonds is 8. The number of nitrogens with zero attached hydrogens (tertiary/aromatic N) is 2. The molecule has 0 unspecified atom stereocenters. The average molecular weight is 543 g/mol. The first kappa shape index (κ1) is 28.6. The van der Waals surface area contributed by atoms with Crippen molar-refractivity contribution in [2.45, 2.75) is 45.3 Å². The SMILES string of the molecule is CCN[C@@H]1C(=O)C(C(N)=O)=C(O)[C@@]2(O)C(=O)C3=C(O)c4c(O)ccc(N(C)C)c4C[C@@]3(CN(CC)CC)C[C@@H]12. The fourth-order valence-electron chi connectivity index (χ4n) is 6.80. The molecule has 4 rings (SSSR count). The maximum Gasteiger partial charge on any atom is 0.255 e. The van der Waals surface area contributed by atoms with Crippen molar-refractivity contribution in [3.05, 3.63) is 40.2 Å². The molecule has 0 spiro atoms. The number of nitrogens with two attached hydrogens (primary N) is 1. The molecule has 0 aliphatic heterocycles. The topological polar surface area (TPSA) is 177 Å². The number of carbonyl (C=O) groups excluding carboxylic acids is 3. The van der Waals surface area contributed by atoms with Gasteiger partial charge in [-0.1, -0.05) is 20.8 Å². The number of hydrogen-bond donors (Lipinski definition) is 6. The van der Waals surface area contributed by atoms with Gasteiger partial charge in [0.15, 0.2) is 11.4 Å². The molecule has 3 aliphatic carbocycles. The van der Waals surface area contributed by atoms with Crippen LogP contribution in [0.3, 0.4) is 0 Å². The smallest absolute Gasteiger partial charge is 0.255 e. The molecule has 0 radical (unpaired) electrons. The molecule has 0 heterocycles. The standard InChI is InChI=1S/C28H38N4O7/c1-6-30-21-15-12-27(13-32(7-2)8-3)11-14-16(31(4)5)9-10-17(33)18(14)22(34)20(27)25(37)28(15,39)24(36)19(23(21)35)26(29)38/h9-10,15,21,30,33-34,36,39H,6-8,11-13H2,1-5H3,(H2,29,38)/t15-,21-,27-,28+/m0/s1. The van der Waals surface area contributed by atoms with E-state index in [-0.39, 0.29) is 36.3 Å². The normalized spacial score (nSPS) is 28.4. The highest BCUT2D eigenvalue weighted by molar-refractivity contribution is 6.24. The molecule has 1 fully saturated rings. The quantitative estimate of drug-likeness (QED) is 0.258. The van der Waals surface area contributed by atoms with Crippen LogP contribution in [0.25, 0.3) is 5.76 Å². The van der Waals surface area contributed by atoms with Gasteiger partial charge in [0.1, 0.15) is 22.8 Å². The summed E-state index contributed by atoms with van der Waals surface area (Å²) < 4.78 is 0. The number of amides is 1. The van der Waals surface area contributed by atoms with Gasteiger partial charge in [-0.3, -0.25) is 14.4 Å². The number of phenolic OH excluding ortho intramolecular Hbond substituents is 1. The third-order valence-electron chi connectivity index (χ3n) is 8.61. The highest BCUT2D eigenvalue weighted by atomic mass is 16.3. The van der Waals surface area contributed by atoms with Gasteiger partial charge in [-0.05, 0) is 50.2 Å². The first-order valence-corrected chi connectivity index (χ1v) is 13.3. The lowest BCUT2D eigenvalue weighted by Crippen LogP contribution is -2.68. The maximum absolute atomic E-state index is 14.4. The van der Waals surface area contributed by atoms with Crippen LogP contribution in [0.5, 0.6) is 5.75 Å². The number of primary amides is 1. The largest absolute Gasteiger partial charge is 0.508 e. The van der Waals surface area contributed by atoms with E-state index in [9.17, 15) is 34.8 Å². The van der Waals surface area contributed by atoms with Crippen LogP contribution in [0.15, 0.2) is 29.0 Å². The summed E-state index contributed by atoms with van der Waals surface area (Å²) in [5, 5.41) is 48.6. The number of ketones is 2. The number of carbonyl (C=O) groups is 3. The van der Waals surface area contributed by atoms with E-state index in [2.05, 4.69) is 10.2 Å². The number of Topliss-reactive ketones (excluding diaryl/α,β-unsaturated/α-hetero) is 2. The lowest BCUT2D eigenvalue weighted by Gasteiger charge is -2.55.